The maximum absolute atomic E-state index is 12.4. The molecule has 3 aromatic rings. The van der Waals surface area contributed by atoms with E-state index in [1.807, 2.05) is 27.8 Å². The smallest absolute Gasteiger partial charge is 0.248 e. The second-order valence-electron chi connectivity index (χ2n) is 5.93. The second kappa shape index (κ2) is 7.06. The number of aromatic nitrogens is 2. The third-order valence-corrected chi connectivity index (χ3v) is 4.91. The van der Waals surface area contributed by atoms with Crippen molar-refractivity contribution in [1.29, 1.82) is 0 Å². The summed E-state index contributed by atoms with van der Waals surface area (Å²) in [5, 5.41) is 12.3. The van der Waals surface area contributed by atoms with Crippen LogP contribution in [0.15, 0.2) is 50.1 Å². The number of carbonyl (C=O) groups is 1. The Morgan fingerprint density at radius 3 is 3.12 bits per heavy atom. The second-order valence-corrected chi connectivity index (χ2v) is 6.71. The first-order chi connectivity index (χ1) is 12.3. The van der Waals surface area contributed by atoms with Gasteiger partial charge in [0.05, 0.1) is 12.2 Å². The van der Waals surface area contributed by atoms with E-state index < -0.39 is 0 Å². The standard InChI is InChI=1S/C18H17N3O3S/c22-16(6-5-15-4-2-9-23-15)21-8-1-3-13(11-21)17-19-20-18(24-17)14-7-10-25-12-14/h2,4-7,9-10,12-13H,1,3,8,11H2/b6-5+/t13-/m0/s1. The normalized spacial score (nSPS) is 18.1. The highest BCUT2D eigenvalue weighted by atomic mass is 32.1. The lowest BCUT2D eigenvalue weighted by Crippen LogP contribution is -2.38. The van der Waals surface area contributed by atoms with Crippen molar-refractivity contribution in [3.8, 4) is 11.5 Å². The summed E-state index contributed by atoms with van der Waals surface area (Å²) in [5.41, 5.74) is 0.939. The number of nitrogens with zero attached hydrogens (tertiary/aromatic N) is 3. The average molecular weight is 355 g/mol. The Balaban J connectivity index is 1.43. The summed E-state index contributed by atoms with van der Waals surface area (Å²) >= 11 is 1.59. The van der Waals surface area contributed by atoms with Crippen LogP contribution < -0.4 is 0 Å². The molecule has 128 valence electrons. The molecule has 1 amide bonds. The van der Waals surface area contributed by atoms with Gasteiger partial charge in [-0.25, -0.2) is 0 Å². The maximum atomic E-state index is 12.4. The first-order valence-corrected chi connectivity index (χ1v) is 9.10. The van der Waals surface area contributed by atoms with Gasteiger partial charge in [0, 0.05) is 30.1 Å². The lowest BCUT2D eigenvalue weighted by Gasteiger charge is -2.30. The van der Waals surface area contributed by atoms with Gasteiger partial charge >= 0.3 is 0 Å². The van der Waals surface area contributed by atoms with E-state index in [9.17, 15) is 4.79 Å². The van der Waals surface area contributed by atoms with Gasteiger partial charge in [-0.1, -0.05) is 0 Å². The number of hydrogen-bond donors (Lipinski definition) is 0. The summed E-state index contributed by atoms with van der Waals surface area (Å²) in [6.45, 7) is 1.33. The van der Waals surface area contributed by atoms with Crippen molar-refractivity contribution in [2.24, 2.45) is 0 Å². The van der Waals surface area contributed by atoms with Crippen LogP contribution >= 0.6 is 11.3 Å². The number of furan rings is 1. The van der Waals surface area contributed by atoms with Gasteiger partial charge in [0.1, 0.15) is 5.76 Å². The Labute approximate surface area is 148 Å². The van der Waals surface area contributed by atoms with E-state index in [1.54, 1.807) is 35.8 Å². The van der Waals surface area contributed by atoms with Crippen LogP contribution in [-0.4, -0.2) is 34.1 Å². The van der Waals surface area contributed by atoms with Crippen molar-refractivity contribution in [2.75, 3.05) is 13.1 Å². The number of hydrogen-bond acceptors (Lipinski definition) is 6. The highest BCUT2D eigenvalue weighted by Crippen LogP contribution is 2.29. The Morgan fingerprint density at radius 2 is 2.32 bits per heavy atom. The molecule has 0 unspecified atom stereocenters. The Kier molecular flexibility index (Phi) is 4.47. The number of carbonyl (C=O) groups excluding carboxylic acids is 1. The van der Waals surface area contributed by atoms with Crippen LogP contribution in [0.25, 0.3) is 17.5 Å². The first kappa shape index (κ1) is 15.8. The molecule has 0 N–H and O–H groups in total. The molecule has 7 heteroatoms. The number of thiophene rings is 1. The SMILES string of the molecule is O=C(/C=C/c1ccco1)N1CCC[C@H](c2nnc(-c3ccsc3)o2)C1. The molecule has 0 bridgehead atoms. The zero-order valence-corrected chi connectivity index (χ0v) is 14.3. The zero-order chi connectivity index (χ0) is 17.1. The van der Waals surface area contributed by atoms with Crippen LogP contribution in [-0.2, 0) is 4.79 Å². The molecule has 1 fully saturated rings. The van der Waals surface area contributed by atoms with Crippen LogP contribution in [0, 0.1) is 0 Å². The molecule has 0 aliphatic carbocycles. The monoisotopic (exact) mass is 355 g/mol. The van der Waals surface area contributed by atoms with Crippen LogP contribution in [0.3, 0.4) is 0 Å². The van der Waals surface area contributed by atoms with Gasteiger partial charge in [-0.15, -0.1) is 10.2 Å². The van der Waals surface area contributed by atoms with E-state index in [-0.39, 0.29) is 11.8 Å². The molecule has 3 aromatic heterocycles. The fourth-order valence-corrected chi connectivity index (χ4v) is 3.56. The fourth-order valence-electron chi connectivity index (χ4n) is 2.93. The van der Waals surface area contributed by atoms with Gasteiger partial charge in [-0.05, 0) is 42.5 Å². The van der Waals surface area contributed by atoms with Gasteiger partial charge < -0.3 is 13.7 Å². The third kappa shape index (κ3) is 3.56. The van der Waals surface area contributed by atoms with Crippen molar-refractivity contribution in [2.45, 2.75) is 18.8 Å². The largest absolute Gasteiger partial charge is 0.465 e. The minimum Gasteiger partial charge on any atom is -0.465 e. The number of likely N-dealkylation sites (tertiary alicyclic amines) is 1. The van der Waals surface area contributed by atoms with Gasteiger partial charge in [-0.2, -0.15) is 11.3 Å². The molecule has 1 saturated heterocycles. The molecule has 0 aromatic carbocycles. The molecular weight excluding hydrogens is 338 g/mol. The minimum atomic E-state index is -0.0290. The molecule has 1 aliphatic rings. The van der Waals surface area contributed by atoms with Crippen LogP contribution in [0.5, 0.6) is 0 Å². The van der Waals surface area contributed by atoms with Gasteiger partial charge in [0.15, 0.2) is 0 Å². The van der Waals surface area contributed by atoms with Gasteiger partial charge in [0.2, 0.25) is 17.7 Å². The summed E-state index contributed by atoms with van der Waals surface area (Å²) in [7, 11) is 0. The van der Waals surface area contributed by atoms with Gasteiger partial charge in [0.25, 0.3) is 0 Å². The zero-order valence-electron chi connectivity index (χ0n) is 13.5. The Hall–Kier alpha value is -2.67. The highest BCUT2D eigenvalue weighted by Gasteiger charge is 2.27. The average Bonchev–Trinajstić information content (AvgIpc) is 3.41. The molecule has 0 spiro atoms. The van der Waals surface area contributed by atoms with E-state index in [1.165, 1.54) is 0 Å². The summed E-state index contributed by atoms with van der Waals surface area (Å²) < 4.78 is 11.0. The minimum absolute atomic E-state index is 0.0290. The molecule has 0 radical (unpaired) electrons. The molecule has 0 saturated carbocycles. The fraction of sp³-hybridized carbons (Fsp3) is 0.278. The summed E-state index contributed by atoms with van der Waals surface area (Å²) in [6.07, 6.45) is 6.68. The quantitative estimate of drug-likeness (QED) is 0.666. The molecule has 1 aliphatic heterocycles. The van der Waals surface area contributed by atoms with E-state index >= 15 is 0 Å². The molecule has 4 rings (SSSR count). The molecule has 1 atom stereocenters. The predicted octanol–water partition coefficient (Wildman–Crippen LogP) is 3.81. The summed E-state index contributed by atoms with van der Waals surface area (Å²) in [5.74, 6) is 1.86. The van der Waals surface area contributed by atoms with Crippen LogP contribution in [0.2, 0.25) is 0 Å². The van der Waals surface area contributed by atoms with E-state index in [2.05, 4.69) is 10.2 Å². The predicted molar refractivity (Wildman–Crippen MR) is 93.9 cm³/mol. The van der Waals surface area contributed by atoms with E-state index in [0.717, 1.165) is 24.9 Å². The number of amides is 1. The number of piperidine rings is 1. The molecule has 25 heavy (non-hydrogen) atoms. The lowest BCUT2D eigenvalue weighted by molar-refractivity contribution is -0.127. The molecular formula is C18H17N3O3S. The number of rotatable bonds is 4. The maximum Gasteiger partial charge on any atom is 0.248 e. The van der Waals surface area contributed by atoms with Crippen molar-refractivity contribution in [3.05, 3.63) is 52.9 Å². The van der Waals surface area contributed by atoms with Crippen LogP contribution in [0.4, 0.5) is 0 Å². The van der Waals surface area contributed by atoms with Crippen molar-refractivity contribution in [1.82, 2.24) is 15.1 Å². The summed E-state index contributed by atoms with van der Waals surface area (Å²) in [4.78, 5) is 14.2. The Morgan fingerprint density at radius 1 is 1.36 bits per heavy atom. The lowest BCUT2D eigenvalue weighted by atomic mass is 9.98. The van der Waals surface area contributed by atoms with E-state index in [0.29, 0.717) is 24.1 Å². The summed E-state index contributed by atoms with van der Waals surface area (Å²) in [6, 6.07) is 5.56. The van der Waals surface area contributed by atoms with Crippen molar-refractivity contribution >= 4 is 23.3 Å². The molecule has 4 heterocycles. The third-order valence-electron chi connectivity index (χ3n) is 4.22. The van der Waals surface area contributed by atoms with Crippen molar-refractivity contribution < 1.29 is 13.6 Å². The Bertz CT molecular complexity index is 852. The van der Waals surface area contributed by atoms with Gasteiger partial charge in [-0.3, -0.25) is 4.79 Å². The highest BCUT2D eigenvalue weighted by molar-refractivity contribution is 7.08. The topological polar surface area (TPSA) is 72.4 Å². The van der Waals surface area contributed by atoms with Crippen LogP contribution in [0.1, 0.15) is 30.4 Å². The van der Waals surface area contributed by atoms with Crippen molar-refractivity contribution in [3.63, 3.8) is 0 Å². The first-order valence-electron chi connectivity index (χ1n) is 8.16. The molecule has 6 nitrogen and oxygen atoms in total. The van der Waals surface area contributed by atoms with E-state index in [4.69, 9.17) is 8.83 Å².